The van der Waals surface area contributed by atoms with E-state index in [1.165, 1.54) is 11.1 Å². The molecule has 3 aromatic carbocycles. The maximum Gasteiger partial charge on any atom is 0.153 e. The Kier molecular flexibility index (Phi) is 6.19. The topological polar surface area (TPSA) is 36.3 Å². The Morgan fingerprint density at radius 2 is 1.65 bits per heavy atom. The molecule has 0 bridgehead atoms. The smallest absolute Gasteiger partial charge is 0.153 e. The summed E-state index contributed by atoms with van der Waals surface area (Å²) in [7, 11) is 0. The van der Waals surface area contributed by atoms with Crippen LogP contribution in [0.5, 0.6) is 11.5 Å². The maximum atomic E-state index is 6.22. The summed E-state index contributed by atoms with van der Waals surface area (Å²) in [5, 5.41) is 0.732. The minimum absolute atomic E-state index is 0.227. The van der Waals surface area contributed by atoms with Crippen molar-refractivity contribution in [2.24, 2.45) is 0 Å². The van der Waals surface area contributed by atoms with Crippen LogP contribution in [0.4, 0.5) is 0 Å². The van der Waals surface area contributed by atoms with E-state index in [0.717, 1.165) is 38.9 Å². The van der Waals surface area contributed by atoms with Crippen LogP contribution in [-0.2, 0) is 6.54 Å². The van der Waals surface area contributed by atoms with Crippen LogP contribution in [0.1, 0.15) is 35.5 Å². The van der Waals surface area contributed by atoms with Gasteiger partial charge in [-0.1, -0.05) is 29.8 Å². The molecule has 4 nitrogen and oxygen atoms in total. The molecule has 0 amide bonds. The minimum atomic E-state index is -0.227. The summed E-state index contributed by atoms with van der Waals surface area (Å²) in [4.78, 5) is 4.86. The number of imidazole rings is 1. The Bertz CT molecular complexity index is 1220. The second-order valence-electron chi connectivity index (χ2n) is 7.88. The monoisotopic (exact) mass is 434 g/mol. The van der Waals surface area contributed by atoms with Crippen LogP contribution in [0.15, 0.2) is 60.7 Å². The number of aromatic nitrogens is 2. The third kappa shape index (κ3) is 4.70. The molecule has 4 aromatic rings. The molecule has 4 rings (SSSR count). The van der Waals surface area contributed by atoms with Crippen LogP contribution < -0.4 is 9.47 Å². The summed E-state index contributed by atoms with van der Waals surface area (Å²) < 4.78 is 14.4. The first-order chi connectivity index (χ1) is 14.9. The van der Waals surface area contributed by atoms with E-state index in [1.807, 2.05) is 56.3 Å². The highest BCUT2D eigenvalue weighted by molar-refractivity contribution is 6.31. The summed E-state index contributed by atoms with van der Waals surface area (Å²) in [5.74, 6) is 2.53. The number of halogens is 1. The van der Waals surface area contributed by atoms with Gasteiger partial charge in [0, 0.05) is 5.02 Å². The van der Waals surface area contributed by atoms with Crippen molar-refractivity contribution in [2.75, 3.05) is 6.61 Å². The summed E-state index contributed by atoms with van der Waals surface area (Å²) in [5.41, 5.74) is 5.50. The van der Waals surface area contributed by atoms with Crippen molar-refractivity contribution >= 4 is 22.6 Å². The Balaban J connectivity index is 1.56. The van der Waals surface area contributed by atoms with Gasteiger partial charge in [0.15, 0.2) is 11.9 Å². The average Bonchev–Trinajstić information content (AvgIpc) is 3.12. The molecular weight excluding hydrogens is 408 g/mol. The SMILES string of the molecule is Cc1ccc(OCCn2c(C(C)Oc3ccc(Cl)c(C)c3)nc3ccccc32)cc1C. The highest BCUT2D eigenvalue weighted by atomic mass is 35.5. The third-order valence-electron chi connectivity index (χ3n) is 5.55. The van der Waals surface area contributed by atoms with Gasteiger partial charge in [0.1, 0.15) is 18.1 Å². The fourth-order valence-corrected chi connectivity index (χ4v) is 3.76. The predicted molar refractivity (Wildman–Crippen MR) is 126 cm³/mol. The first kappa shape index (κ1) is 21.3. The molecule has 1 atom stereocenters. The van der Waals surface area contributed by atoms with Crippen LogP contribution in [-0.4, -0.2) is 16.2 Å². The van der Waals surface area contributed by atoms with E-state index in [9.17, 15) is 0 Å². The number of aryl methyl sites for hydroxylation is 3. The van der Waals surface area contributed by atoms with Gasteiger partial charge >= 0.3 is 0 Å². The lowest BCUT2D eigenvalue weighted by Gasteiger charge is -2.18. The summed E-state index contributed by atoms with van der Waals surface area (Å²) in [6, 6.07) is 20.0. The number of para-hydroxylation sites is 2. The van der Waals surface area contributed by atoms with Crippen LogP contribution in [0, 0.1) is 20.8 Å². The highest BCUT2D eigenvalue weighted by Gasteiger charge is 2.18. The van der Waals surface area contributed by atoms with Crippen molar-refractivity contribution in [1.82, 2.24) is 9.55 Å². The first-order valence-corrected chi connectivity index (χ1v) is 10.9. The van der Waals surface area contributed by atoms with E-state index in [2.05, 4.69) is 36.6 Å². The molecule has 0 fully saturated rings. The molecule has 31 heavy (non-hydrogen) atoms. The lowest BCUT2D eigenvalue weighted by molar-refractivity contribution is 0.207. The zero-order chi connectivity index (χ0) is 22.0. The van der Waals surface area contributed by atoms with E-state index < -0.39 is 0 Å². The van der Waals surface area contributed by atoms with E-state index in [0.29, 0.717) is 13.2 Å². The van der Waals surface area contributed by atoms with Gasteiger partial charge in [0.05, 0.1) is 17.6 Å². The van der Waals surface area contributed by atoms with Crippen LogP contribution in [0.25, 0.3) is 11.0 Å². The molecule has 1 unspecified atom stereocenters. The summed E-state index contributed by atoms with van der Waals surface area (Å²) >= 11 is 6.15. The van der Waals surface area contributed by atoms with Gasteiger partial charge in [0.2, 0.25) is 0 Å². The molecule has 5 heteroatoms. The van der Waals surface area contributed by atoms with Gasteiger partial charge in [-0.05, 0) is 86.8 Å². The lowest BCUT2D eigenvalue weighted by atomic mass is 10.1. The zero-order valence-electron chi connectivity index (χ0n) is 18.4. The number of fused-ring (bicyclic) bond motifs is 1. The van der Waals surface area contributed by atoms with Gasteiger partial charge in [-0.25, -0.2) is 4.98 Å². The number of rotatable bonds is 7. The maximum absolute atomic E-state index is 6.22. The molecule has 1 heterocycles. The molecule has 1 aromatic heterocycles. The molecular formula is C26H27ClN2O2. The Morgan fingerprint density at radius 3 is 2.42 bits per heavy atom. The van der Waals surface area contributed by atoms with E-state index >= 15 is 0 Å². The van der Waals surface area contributed by atoms with E-state index in [4.69, 9.17) is 26.1 Å². The van der Waals surface area contributed by atoms with Crippen molar-refractivity contribution in [3.05, 3.63) is 88.2 Å². The molecule has 0 aliphatic rings. The van der Waals surface area contributed by atoms with Gasteiger partial charge < -0.3 is 14.0 Å². The fourth-order valence-electron chi connectivity index (χ4n) is 3.65. The second kappa shape index (κ2) is 9.03. The molecule has 160 valence electrons. The molecule has 0 spiro atoms. The average molecular weight is 435 g/mol. The third-order valence-corrected chi connectivity index (χ3v) is 5.98. The number of benzene rings is 3. The standard InChI is InChI=1S/C26H27ClN2O2/c1-17-9-10-21(15-18(17)2)30-14-13-29-25-8-6-5-7-24(25)28-26(29)20(4)31-22-11-12-23(27)19(3)16-22/h5-12,15-16,20H,13-14H2,1-4H3. The Labute approximate surface area is 188 Å². The van der Waals surface area contributed by atoms with Crippen molar-refractivity contribution in [2.45, 2.75) is 40.3 Å². The highest BCUT2D eigenvalue weighted by Crippen LogP contribution is 2.28. The Hall–Kier alpha value is -2.98. The van der Waals surface area contributed by atoms with Crippen LogP contribution in [0.2, 0.25) is 5.02 Å². The quantitative estimate of drug-likeness (QED) is 0.319. The number of ether oxygens (including phenoxy) is 2. The summed E-state index contributed by atoms with van der Waals surface area (Å²) in [6.07, 6.45) is -0.227. The fraction of sp³-hybridized carbons (Fsp3) is 0.269. The molecule has 0 radical (unpaired) electrons. The normalized spacial score (nSPS) is 12.2. The van der Waals surface area contributed by atoms with Gasteiger partial charge in [-0.2, -0.15) is 0 Å². The zero-order valence-corrected chi connectivity index (χ0v) is 19.1. The minimum Gasteiger partial charge on any atom is -0.492 e. The number of hydrogen-bond donors (Lipinski definition) is 0. The second-order valence-corrected chi connectivity index (χ2v) is 8.28. The number of nitrogens with zero attached hydrogens (tertiary/aromatic N) is 2. The molecule has 0 aliphatic heterocycles. The van der Waals surface area contributed by atoms with Crippen molar-refractivity contribution in [1.29, 1.82) is 0 Å². The van der Waals surface area contributed by atoms with Crippen LogP contribution in [0.3, 0.4) is 0 Å². The number of hydrogen-bond acceptors (Lipinski definition) is 3. The van der Waals surface area contributed by atoms with Crippen LogP contribution >= 0.6 is 11.6 Å². The predicted octanol–water partition coefficient (Wildman–Crippen LogP) is 6.83. The lowest BCUT2D eigenvalue weighted by Crippen LogP contribution is -2.15. The summed E-state index contributed by atoms with van der Waals surface area (Å²) in [6.45, 7) is 9.41. The van der Waals surface area contributed by atoms with Gasteiger partial charge in [-0.3, -0.25) is 0 Å². The first-order valence-electron chi connectivity index (χ1n) is 10.5. The molecule has 0 N–H and O–H groups in total. The van der Waals surface area contributed by atoms with Gasteiger partial charge in [-0.15, -0.1) is 0 Å². The van der Waals surface area contributed by atoms with Crippen molar-refractivity contribution in [3.8, 4) is 11.5 Å². The Morgan fingerprint density at radius 1 is 0.903 bits per heavy atom. The van der Waals surface area contributed by atoms with E-state index in [-0.39, 0.29) is 6.10 Å². The van der Waals surface area contributed by atoms with Crippen molar-refractivity contribution < 1.29 is 9.47 Å². The molecule has 0 saturated heterocycles. The van der Waals surface area contributed by atoms with Gasteiger partial charge in [0.25, 0.3) is 0 Å². The molecule has 0 aliphatic carbocycles. The largest absolute Gasteiger partial charge is 0.492 e. The van der Waals surface area contributed by atoms with Crippen molar-refractivity contribution in [3.63, 3.8) is 0 Å². The van der Waals surface area contributed by atoms with E-state index in [1.54, 1.807) is 0 Å². The molecule has 0 saturated carbocycles.